The van der Waals surface area contributed by atoms with Gasteiger partial charge in [0, 0.05) is 18.2 Å². The number of rotatable bonds is 6. The van der Waals surface area contributed by atoms with E-state index in [0.717, 1.165) is 24.4 Å². The highest BCUT2D eigenvalue weighted by Gasteiger charge is 2.30. The largest absolute Gasteiger partial charge is 0.454 e. The Morgan fingerprint density at radius 3 is 2.79 bits per heavy atom. The second kappa shape index (κ2) is 5.75. The Balaban J connectivity index is 2.06. The molecule has 0 bridgehead atoms. The van der Waals surface area contributed by atoms with E-state index in [1.165, 1.54) is 12.8 Å². The molecular formula is C14H23N3O2. The smallest absolute Gasteiger partial charge is 0.301 e. The predicted octanol–water partition coefficient (Wildman–Crippen LogP) is 1.81. The summed E-state index contributed by atoms with van der Waals surface area (Å²) < 4.78 is 5.62. The lowest BCUT2D eigenvalue weighted by Gasteiger charge is -2.22. The molecule has 3 N–H and O–H groups in total. The summed E-state index contributed by atoms with van der Waals surface area (Å²) in [5, 5.41) is 0. The maximum Gasteiger partial charge on any atom is 0.301 e. The van der Waals surface area contributed by atoms with Crippen LogP contribution in [0.2, 0.25) is 0 Å². The molecule has 1 aromatic heterocycles. The van der Waals surface area contributed by atoms with Crippen molar-refractivity contribution in [2.45, 2.75) is 46.2 Å². The first-order chi connectivity index (χ1) is 9.01. The van der Waals surface area contributed by atoms with Crippen LogP contribution in [-0.4, -0.2) is 23.4 Å². The van der Waals surface area contributed by atoms with Gasteiger partial charge in [-0.15, -0.1) is 0 Å². The molecule has 1 fully saturated rings. The maximum absolute atomic E-state index is 11.5. The minimum Gasteiger partial charge on any atom is -0.454 e. The fraction of sp³-hybridized carbons (Fsp3) is 0.643. The first kappa shape index (κ1) is 14.1. The monoisotopic (exact) mass is 265 g/mol. The van der Waals surface area contributed by atoms with Gasteiger partial charge in [0.15, 0.2) is 5.76 Å². The van der Waals surface area contributed by atoms with Crippen molar-refractivity contribution in [1.82, 2.24) is 10.3 Å². The highest BCUT2D eigenvalue weighted by atomic mass is 16.4. The van der Waals surface area contributed by atoms with Crippen molar-refractivity contribution in [3.05, 3.63) is 23.2 Å². The van der Waals surface area contributed by atoms with Crippen LogP contribution in [0.25, 0.3) is 0 Å². The molecule has 0 aromatic carbocycles. The summed E-state index contributed by atoms with van der Waals surface area (Å²) in [4.78, 5) is 14.0. The Morgan fingerprint density at radius 1 is 1.58 bits per heavy atom. The average Bonchev–Trinajstić information content (AvgIpc) is 3.12. The molecule has 1 aliphatic carbocycles. The number of hydrazine groups is 1. The number of furan rings is 1. The Labute approximate surface area is 114 Å². The van der Waals surface area contributed by atoms with Gasteiger partial charge in [-0.05, 0) is 31.7 Å². The second-order valence-electron chi connectivity index (χ2n) is 5.75. The van der Waals surface area contributed by atoms with Crippen molar-refractivity contribution in [1.29, 1.82) is 0 Å². The van der Waals surface area contributed by atoms with Gasteiger partial charge in [0.05, 0.1) is 6.54 Å². The molecule has 0 aliphatic heterocycles. The fourth-order valence-electron chi connectivity index (χ4n) is 2.37. The molecule has 5 heteroatoms. The van der Waals surface area contributed by atoms with Crippen LogP contribution in [0, 0.1) is 12.8 Å². The van der Waals surface area contributed by atoms with Gasteiger partial charge in [-0.25, -0.2) is 5.84 Å². The summed E-state index contributed by atoms with van der Waals surface area (Å²) in [6, 6.07) is 2.61. The van der Waals surface area contributed by atoms with Crippen LogP contribution in [0.1, 0.15) is 48.6 Å². The normalized spacial score (nSPS) is 15.3. The molecule has 0 unspecified atom stereocenters. The third-order valence-corrected chi connectivity index (χ3v) is 3.33. The van der Waals surface area contributed by atoms with Gasteiger partial charge >= 0.3 is 5.91 Å². The zero-order valence-corrected chi connectivity index (χ0v) is 11.9. The fourth-order valence-corrected chi connectivity index (χ4v) is 2.37. The molecule has 2 rings (SSSR count). The highest BCUT2D eigenvalue weighted by molar-refractivity contribution is 5.92. The molecule has 0 atom stereocenters. The topological polar surface area (TPSA) is 71.5 Å². The summed E-state index contributed by atoms with van der Waals surface area (Å²) in [6.45, 7) is 8.12. The van der Waals surface area contributed by atoms with E-state index in [2.05, 4.69) is 24.2 Å². The minimum absolute atomic E-state index is 0.317. The first-order valence-electron chi connectivity index (χ1n) is 6.85. The molecule has 1 amide bonds. The summed E-state index contributed by atoms with van der Waals surface area (Å²) in [5.41, 5.74) is 2.94. The molecule has 0 spiro atoms. The van der Waals surface area contributed by atoms with Crippen LogP contribution in [0.3, 0.4) is 0 Å². The zero-order chi connectivity index (χ0) is 14.0. The van der Waals surface area contributed by atoms with E-state index in [9.17, 15) is 4.79 Å². The van der Waals surface area contributed by atoms with Gasteiger partial charge in [0.1, 0.15) is 5.76 Å². The van der Waals surface area contributed by atoms with Gasteiger partial charge in [0.2, 0.25) is 0 Å². The number of carbonyl (C=O) groups is 1. The lowest BCUT2D eigenvalue weighted by atomic mass is 10.2. The molecule has 1 aromatic rings. The van der Waals surface area contributed by atoms with E-state index in [-0.39, 0.29) is 5.91 Å². The summed E-state index contributed by atoms with van der Waals surface area (Å²) >= 11 is 0. The maximum atomic E-state index is 11.5. The van der Waals surface area contributed by atoms with Crippen molar-refractivity contribution < 1.29 is 9.21 Å². The standard InChI is InChI=1S/C14H23N3O2/c1-9(2)7-17(11-4-5-11)8-12-6-10(3)13(19-12)14(18)16-15/h6,9,11H,4-5,7-8,15H2,1-3H3,(H,16,18). The summed E-state index contributed by atoms with van der Waals surface area (Å²) in [5.74, 6) is 6.55. The molecule has 1 saturated carbocycles. The Morgan fingerprint density at radius 2 is 2.26 bits per heavy atom. The van der Waals surface area contributed by atoms with E-state index < -0.39 is 0 Å². The Kier molecular flexibility index (Phi) is 4.27. The van der Waals surface area contributed by atoms with E-state index in [0.29, 0.717) is 17.7 Å². The van der Waals surface area contributed by atoms with Crippen LogP contribution < -0.4 is 11.3 Å². The second-order valence-corrected chi connectivity index (χ2v) is 5.75. The molecule has 106 valence electrons. The third-order valence-electron chi connectivity index (χ3n) is 3.33. The van der Waals surface area contributed by atoms with Crippen LogP contribution in [0.15, 0.2) is 10.5 Å². The number of amides is 1. The SMILES string of the molecule is Cc1cc(CN(CC(C)C)C2CC2)oc1C(=O)NN. The molecule has 5 nitrogen and oxygen atoms in total. The van der Waals surface area contributed by atoms with E-state index >= 15 is 0 Å². The van der Waals surface area contributed by atoms with E-state index in [1.807, 2.05) is 13.0 Å². The van der Waals surface area contributed by atoms with Crippen LogP contribution in [0.5, 0.6) is 0 Å². The quantitative estimate of drug-likeness (QED) is 0.467. The van der Waals surface area contributed by atoms with E-state index in [1.54, 1.807) is 0 Å². The molecule has 1 heterocycles. The van der Waals surface area contributed by atoms with Crippen molar-refractivity contribution in [3.8, 4) is 0 Å². The van der Waals surface area contributed by atoms with Gasteiger partial charge in [0.25, 0.3) is 0 Å². The van der Waals surface area contributed by atoms with E-state index in [4.69, 9.17) is 10.3 Å². The lowest BCUT2D eigenvalue weighted by Crippen LogP contribution is -2.30. The number of hydrogen-bond acceptors (Lipinski definition) is 4. The van der Waals surface area contributed by atoms with Crippen molar-refractivity contribution >= 4 is 5.91 Å². The molecule has 0 radical (unpaired) electrons. The summed E-state index contributed by atoms with van der Waals surface area (Å²) in [7, 11) is 0. The van der Waals surface area contributed by atoms with Crippen LogP contribution >= 0.6 is 0 Å². The summed E-state index contributed by atoms with van der Waals surface area (Å²) in [6.07, 6.45) is 2.53. The number of nitrogens with two attached hydrogens (primary N) is 1. The number of nitrogens with one attached hydrogen (secondary N) is 1. The van der Waals surface area contributed by atoms with Crippen LogP contribution in [0.4, 0.5) is 0 Å². The zero-order valence-electron chi connectivity index (χ0n) is 11.9. The van der Waals surface area contributed by atoms with Gasteiger partial charge < -0.3 is 4.42 Å². The highest BCUT2D eigenvalue weighted by Crippen LogP contribution is 2.29. The van der Waals surface area contributed by atoms with Crippen molar-refractivity contribution in [2.24, 2.45) is 11.8 Å². The average molecular weight is 265 g/mol. The number of aryl methyl sites for hydroxylation is 1. The number of carbonyl (C=O) groups excluding carboxylic acids is 1. The van der Waals surface area contributed by atoms with Gasteiger partial charge in [-0.1, -0.05) is 13.8 Å². The third kappa shape index (κ3) is 3.58. The van der Waals surface area contributed by atoms with Crippen molar-refractivity contribution in [3.63, 3.8) is 0 Å². The van der Waals surface area contributed by atoms with Crippen molar-refractivity contribution in [2.75, 3.05) is 6.54 Å². The first-order valence-corrected chi connectivity index (χ1v) is 6.85. The van der Waals surface area contributed by atoms with Gasteiger partial charge in [-0.3, -0.25) is 15.1 Å². The Hall–Kier alpha value is -1.33. The molecule has 19 heavy (non-hydrogen) atoms. The van der Waals surface area contributed by atoms with Crippen LogP contribution in [-0.2, 0) is 6.54 Å². The number of nitrogen functional groups attached to an aromatic ring is 1. The minimum atomic E-state index is -0.370. The van der Waals surface area contributed by atoms with Gasteiger partial charge in [-0.2, -0.15) is 0 Å². The molecule has 0 saturated heterocycles. The lowest BCUT2D eigenvalue weighted by molar-refractivity contribution is 0.0920. The number of hydrogen-bond donors (Lipinski definition) is 2. The number of nitrogens with zero attached hydrogens (tertiary/aromatic N) is 1. The Bertz CT molecular complexity index is 450. The molecule has 1 aliphatic rings. The predicted molar refractivity (Wildman–Crippen MR) is 73.4 cm³/mol. The molecular weight excluding hydrogens is 242 g/mol.